The van der Waals surface area contributed by atoms with Crippen molar-refractivity contribution in [2.24, 2.45) is 0 Å². The molecule has 0 bridgehead atoms. The largest absolute Gasteiger partial charge is 0.305 e. The third-order valence-electron chi connectivity index (χ3n) is 2.23. The van der Waals surface area contributed by atoms with Crippen LogP contribution in [0.4, 0.5) is 5.82 Å². The van der Waals surface area contributed by atoms with Crippen molar-refractivity contribution in [3.8, 4) is 0 Å². The number of carbonyl (C=O) groups is 1. The molecule has 0 radical (unpaired) electrons. The third kappa shape index (κ3) is 3.14. The van der Waals surface area contributed by atoms with Crippen molar-refractivity contribution in [2.45, 2.75) is 6.92 Å². The third-order valence-corrected chi connectivity index (χ3v) is 3.33. The summed E-state index contributed by atoms with van der Waals surface area (Å²) < 4.78 is 1.37. The van der Waals surface area contributed by atoms with E-state index in [1.807, 2.05) is 25.1 Å². The van der Waals surface area contributed by atoms with Crippen molar-refractivity contribution in [1.29, 1.82) is 0 Å². The molecule has 6 heteroatoms. The highest BCUT2D eigenvalue weighted by Crippen LogP contribution is 2.19. The molecule has 1 heterocycles. The molecule has 1 aromatic carbocycles. The van der Waals surface area contributed by atoms with E-state index in [-0.39, 0.29) is 5.91 Å². The number of nitrogens with zero attached hydrogens (tertiary/aromatic N) is 2. The Morgan fingerprint density at radius 2 is 2.00 bits per heavy atom. The minimum Gasteiger partial charge on any atom is -0.305 e. The van der Waals surface area contributed by atoms with Gasteiger partial charge in [-0.2, -0.15) is 0 Å². The maximum absolute atomic E-state index is 12.1. The van der Waals surface area contributed by atoms with Crippen LogP contribution >= 0.6 is 31.9 Å². The van der Waals surface area contributed by atoms with Crippen LogP contribution in [0.25, 0.3) is 0 Å². The molecule has 2 rings (SSSR count). The number of aryl methyl sites for hydroxylation is 1. The number of nitrogens with one attached hydrogen (secondary N) is 1. The first kappa shape index (κ1) is 13.2. The van der Waals surface area contributed by atoms with E-state index in [1.165, 1.54) is 12.4 Å². The van der Waals surface area contributed by atoms with Crippen LogP contribution in [-0.4, -0.2) is 15.9 Å². The molecule has 0 saturated carbocycles. The number of aromatic nitrogens is 2. The van der Waals surface area contributed by atoms with Crippen molar-refractivity contribution >= 4 is 43.6 Å². The van der Waals surface area contributed by atoms with E-state index in [1.54, 1.807) is 0 Å². The SMILES string of the molecule is Cc1ccc(Br)c(C(=O)Nc2cnc(Br)cn2)c1. The standard InChI is InChI=1S/C12H9Br2N3O/c1-7-2-3-9(13)8(4-7)12(18)17-11-6-15-10(14)5-16-11/h2-6H,1H3,(H,16,17,18). The average molecular weight is 371 g/mol. The summed E-state index contributed by atoms with van der Waals surface area (Å²) in [5.41, 5.74) is 1.59. The lowest BCUT2D eigenvalue weighted by atomic mass is 10.1. The molecule has 0 atom stereocenters. The highest BCUT2D eigenvalue weighted by molar-refractivity contribution is 9.10. The van der Waals surface area contributed by atoms with Crippen molar-refractivity contribution in [3.63, 3.8) is 0 Å². The van der Waals surface area contributed by atoms with Gasteiger partial charge in [-0.1, -0.05) is 11.6 Å². The summed E-state index contributed by atoms with van der Waals surface area (Å²) in [6.45, 7) is 1.93. The van der Waals surface area contributed by atoms with Gasteiger partial charge >= 0.3 is 0 Å². The first-order valence-corrected chi connectivity index (χ1v) is 6.70. The Hall–Kier alpha value is -1.27. The van der Waals surface area contributed by atoms with Crippen LogP contribution < -0.4 is 5.32 Å². The van der Waals surface area contributed by atoms with E-state index < -0.39 is 0 Å². The van der Waals surface area contributed by atoms with E-state index in [4.69, 9.17) is 0 Å². The molecule has 1 amide bonds. The molecule has 18 heavy (non-hydrogen) atoms. The predicted octanol–water partition coefficient (Wildman–Crippen LogP) is 3.56. The van der Waals surface area contributed by atoms with Crippen molar-refractivity contribution < 1.29 is 4.79 Å². The molecule has 4 nitrogen and oxygen atoms in total. The Bertz CT molecular complexity index is 584. The Kier molecular flexibility index (Phi) is 4.08. The lowest BCUT2D eigenvalue weighted by Crippen LogP contribution is -2.14. The minimum absolute atomic E-state index is 0.220. The second-order valence-electron chi connectivity index (χ2n) is 3.66. The Morgan fingerprint density at radius 3 is 2.67 bits per heavy atom. The van der Waals surface area contributed by atoms with Crippen LogP contribution in [0.1, 0.15) is 15.9 Å². The number of hydrogen-bond donors (Lipinski definition) is 1. The summed E-state index contributed by atoms with van der Waals surface area (Å²) in [6.07, 6.45) is 3.02. The summed E-state index contributed by atoms with van der Waals surface area (Å²) in [7, 11) is 0. The molecule has 1 N–H and O–H groups in total. The molecule has 2 aromatic rings. The van der Waals surface area contributed by atoms with E-state index in [0.29, 0.717) is 16.0 Å². The molecule has 0 aliphatic heterocycles. The quantitative estimate of drug-likeness (QED) is 0.879. The van der Waals surface area contributed by atoms with Crippen LogP contribution in [0.3, 0.4) is 0 Å². The van der Waals surface area contributed by atoms with Crippen molar-refractivity contribution in [1.82, 2.24) is 9.97 Å². The fraction of sp³-hybridized carbons (Fsp3) is 0.0833. The highest BCUT2D eigenvalue weighted by atomic mass is 79.9. The maximum Gasteiger partial charge on any atom is 0.258 e. The topological polar surface area (TPSA) is 54.9 Å². The van der Waals surface area contributed by atoms with Gasteiger partial charge in [0.1, 0.15) is 4.60 Å². The van der Waals surface area contributed by atoms with Gasteiger partial charge in [0.05, 0.1) is 18.0 Å². The highest BCUT2D eigenvalue weighted by Gasteiger charge is 2.11. The number of hydrogen-bond acceptors (Lipinski definition) is 3. The monoisotopic (exact) mass is 369 g/mol. The summed E-state index contributed by atoms with van der Waals surface area (Å²) in [5.74, 6) is 0.193. The number of benzene rings is 1. The summed E-state index contributed by atoms with van der Waals surface area (Å²) in [5, 5.41) is 2.69. The predicted molar refractivity (Wildman–Crippen MR) is 76.6 cm³/mol. The van der Waals surface area contributed by atoms with Crippen molar-refractivity contribution in [2.75, 3.05) is 5.32 Å². The fourth-order valence-electron chi connectivity index (χ4n) is 1.37. The van der Waals surface area contributed by atoms with Gasteiger partial charge in [0.2, 0.25) is 0 Å². The number of rotatable bonds is 2. The molecule has 0 saturated heterocycles. The van der Waals surface area contributed by atoms with E-state index in [0.717, 1.165) is 10.0 Å². The molecule has 0 aliphatic rings. The zero-order chi connectivity index (χ0) is 13.1. The lowest BCUT2D eigenvalue weighted by Gasteiger charge is -2.06. The van der Waals surface area contributed by atoms with Gasteiger partial charge in [-0.05, 0) is 50.9 Å². The van der Waals surface area contributed by atoms with E-state index >= 15 is 0 Å². The molecule has 0 fully saturated rings. The minimum atomic E-state index is -0.220. The van der Waals surface area contributed by atoms with Crippen LogP contribution in [0.15, 0.2) is 39.7 Å². The van der Waals surface area contributed by atoms with E-state index in [2.05, 4.69) is 47.1 Å². The Balaban J connectivity index is 2.21. The summed E-state index contributed by atoms with van der Waals surface area (Å²) in [4.78, 5) is 20.1. The summed E-state index contributed by atoms with van der Waals surface area (Å²) >= 11 is 6.54. The van der Waals surface area contributed by atoms with Gasteiger partial charge < -0.3 is 5.32 Å². The average Bonchev–Trinajstić information content (AvgIpc) is 2.35. The Morgan fingerprint density at radius 1 is 1.22 bits per heavy atom. The number of anilines is 1. The zero-order valence-electron chi connectivity index (χ0n) is 9.45. The maximum atomic E-state index is 12.1. The normalized spacial score (nSPS) is 10.2. The first-order valence-electron chi connectivity index (χ1n) is 5.11. The van der Waals surface area contributed by atoms with Crippen molar-refractivity contribution in [3.05, 3.63) is 50.8 Å². The second-order valence-corrected chi connectivity index (χ2v) is 5.33. The molecule has 0 unspecified atom stereocenters. The molecule has 92 valence electrons. The molecule has 0 spiro atoms. The Labute approximate surface area is 121 Å². The van der Waals surface area contributed by atoms with Crippen LogP contribution in [0.2, 0.25) is 0 Å². The lowest BCUT2D eigenvalue weighted by molar-refractivity contribution is 0.102. The van der Waals surface area contributed by atoms with Crippen LogP contribution in [0, 0.1) is 6.92 Å². The second kappa shape index (κ2) is 5.58. The zero-order valence-corrected chi connectivity index (χ0v) is 12.6. The van der Waals surface area contributed by atoms with Crippen LogP contribution in [-0.2, 0) is 0 Å². The van der Waals surface area contributed by atoms with E-state index in [9.17, 15) is 4.79 Å². The van der Waals surface area contributed by atoms with Gasteiger partial charge in [-0.15, -0.1) is 0 Å². The van der Waals surface area contributed by atoms with Gasteiger partial charge in [-0.3, -0.25) is 4.79 Å². The van der Waals surface area contributed by atoms with Gasteiger partial charge in [-0.25, -0.2) is 9.97 Å². The first-order chi connectivity index (χ1) is 8.56. The molecule has 1 aromatic heterocycles. The summed E-state index contributed by atoms with van der Waals surface area (Å²) in [6, 6.07) is 5.59. The molecular weight excluding hydrogens is 362 g/mol. The van der Waals surface area contributed by atoms with Crippen LogP contribution in [0.5, 0.6) is 0 Å². The molecular formula is C12H9Br2N3O. The van der Waals surface area contributed by atoms with Gasteiger partial charge in [0, 0.05) is 4.47 Å². The number of carbonyl (C=O) groups excluding carboxylic acids is 1. The van der Waals surface area contributed by atoms with Gasteiger partial charge in [0.25, 0.3) is 5.91 Å². The number of amides is 1. The molecule has 0 aliphatic carbocycles. The fourth-order valence-corrected chi connectivity index (χ4v) is 2.01. The smallest absolute Gasteiger partial charge is 0.258 e. The number of halogens is 2. The van der Waals surface area contributed by atoms with Gasteiger partial charge in [0.15, 0.2) is 5.82 Å².